The second-order valence-electron chi connectivity index (χ2n) is 6.38. The van der Waals surface area contributed by atoms with Crippen LogP contribution in [0.25, 0.3) is 11.3 Å². The number of carbonyl (C=O) groups is 3. The van der Waals surface area contributed by atoms with E-state index in [4.69, 9.17) is 9.15 Å². The lowest BCUT2D eigenvalue weighted by molar-refractivity contribution is -0.125. The first-order valence-corrected chi connectivity index (χ1v) is 8.77. The molecule has 6 heteroatoms. The zero-order valence-corrected chi connectivity index (χ0v) is 14.4. The standard InChI is InChI=1S/C20H21NO5/c22-12-17-10-11-18(26-17)14-6-8-15(9-7-14)20(24)25-13-19(23)21-16-4-2-1-3-5-16/h6-12,16H,1-5,13H2,(H,21,23). The molecule has 1 heterocycles. The van der Waals surface area contributed by atoms with Gasteiger partial charge in [0.05, 0.1) is 5.56 Å². The van der Waals surface area contributed by atoms with Gasteiger partial charge in [-0.3, -0.25) is 9.59 Å². The molecule has 1 fully saturated rings. The highest BCUT2D eigenvalue weighted by Crippen LogP contribution is 2.22. The van der Waals surface area contributed by atoms with Crippen molar-refractivity contribution < 1.29 is 23.5 Å². The maximum atomic E-state index is 12.1. The first-order chi connectivity index (χ1) is 12.7. The Morgan fingerprint density at radius 3 is 2.46 bits per heavy atom. The summed E-state index contributed by atoms with van der Waals surface area (Å²) in [6, 6.07) is 10.1. The molecule has 6 nitrogen and oxygen atoms in total. The molecule has 0 spiro atoms. The van der Waals surface area contributed by atoms with Gasteiger partial charge in [0.15, 0.2) is 18.7 Å². The molecule has 0 radical (unpaired) electrons. The van der Waals surface area contributed by atoms with Crippen LogP contribution in [0.4, 0.5) is 0 Å². The van der Waals surface area contributed by atoms with Gasteiger partial charge in [0.25, 0.3) is 5.91 Å². The van der Waals surface area contributed by atoms with Crippen LogP contribution in [0, 0.1) is 0 Å². The summed E-state index contributed by atoms with van der Waals surface area (Å²) in [5, 5.41) is 2.91. The van der Waals surface area contributed by atoms with Crippen LogP contribution >= 0.6 is 0 Å². The van der Waals surface area contributed by atoms with Crippen LogP contribution in [0.1, 0.15) is 53.0 Å². The Balaban J connectivity index is 1.51. The Morgan fingerprint density at radius 2 is 1.81 bits per heavy atom. The molecule has 26 heavy (non-hydrogen) atoms. The molecule has 0 aliphatic heterocycles. The molecule has 2 aromatic rings. The van der Waals surface area contributed by atoms with Gasteiger partial charge >= 0.3 is 5.97 Å². The third-order valence-electron chi connectivity index (χ3n) is 4.45. The van der Waals surface area contributed by atoms with Crippen molar-refractivity contribution in [2.45, 2.75) is 38.1 Å². The number of esters is 1. The van der Waals surface area contributed by atoms with Gasteiger partial charge in [0, 0.05) is 11.6 Å². The lowest BCUT2D eigenvalue weighted by Gasteiger charge is -2.22. The number of ether oxygens (including phenoxy) is 1. The average molecular weight is 355 g/mol. The maximum Gasteiger partial charge on any atom is 0.338 e. The summed E-state index contributed by atoms with van der Waals surface area (Å²) < 4.78 is 10.4. The third-order valence-corrected chi connectivity index (χ3v) is 4.45. The predicted octanol–water partition coefficient (Wildman–Crippen LogP) is 3.36. The van der Waals surface area contributed by atoms with Gasteiger partial charge in [-0.15, -0.1) is 0 Å². The number of benzene rings is 1. The smallest absolute Gasteiger partial charge is 0.338 e. The first-order valence-electron chi connectivity index (χ1n) is 8.77. The highest BCUT2D eigenvalue weighted by Gasteiger charge is 2.17. The zero-order chi connectivity index (χ0) is 18.4. The van der Waals surface area contributed by atoms with Crippen LogP contribution in [0.2, 0.25) is 0 Å². The number of hydrogen-bond donors (Lipinski definition) is 1. The topological polar surface area (TPSA) is 85.6 Å². The van der Waals surface area contributed by atoms with E-state index in [1.807, 2.05) is 0 Å². The Kier molecular flexibility index (Phi) is 5.84. The van der Waals surface area contributed by atoms with Crippen LogP contribution in [0.3, 0.4) is 0 Å². The summed E-state index contributed by atoms with van der Waals surface area (Å²) in [6.45, 7) is -0.280. The second kappa shape index (κ2) is 8.47. The summed E-state index contributed by atoms with van der Waals surface area (Å²) in [5.74, 6) is -0.0337. The fourth-order valence-electron chi connectivity index (χ4n) is 3.07. The van der Waals surface area contributed by atoms with Crippen LogP contribution in [0.5, 0.6) is 0 Å². The van der Waals surface area contributed by atoms with E-state index >= 15 is 0 Å². The van der Waals surface area contributed by atoms with Crippen molar-refractivity contribution in [2.75, 3.05) is 6.61 Å². The van der Waals surface area contributed by atoms with Crippen molar-refractivity contribution in [3.05, 3.63) is 47.7 Å². The largest absolute Gasteiger partial charge is 0.453 e. The van der Waals surface area contributed by atoms with Crippen molar-refractivity contribution in [3.63, 3.8) is 0 Å². The van der Waals surface area contributed by atoms with Crippen LogP contribution in [-0.4, -0.2) is 30.8 Å². The van der Waals surface area contributed by atoms with Crippen molar-refractivity contribution in [2.24, 2.45) is 0 Å². The molecule has 1 N–H and O–H groups in total. The van der Waals surface area contributed by atoms with Crippen LogP contribution in [-0.2, 0) is 9.53 Å². The minimum Gasteiger partial charge on any atom is -0.453 e. The van der Waals surface area contributed by atoms with Gasteiger partial charge in [-0.25, -0.2) is 4.79 Å². The number of hydrogen-bond acceptors (Lipinski definition) is 5. The van der Waals surface area contributed by atoms with Gasteiger partial charge in [-0.1, -0.05) is 31.4 Å². The molecule has 1 aliphatic carbocycles. The fourth-order valence-corrected chi connectivity index (χ4v) is 3.07. The Bertz CT molecular complexity index is 772. The molecule has 3 rings (SSSR count). The molecule has 1 saturated carbocycles. The first kappa shape index (κ1) is 17.9. The number of aldehydes is 1. The molecular formula is C20H21NO5. The summed E-state index contributed by atoms with van der Waals surface area (Å²) in [5.41, 5.74) is 1.09. The lowest BCUT2D eigenvalue weighted by atomic mass is 9.95. The normalized spacial score (nSPS) is 14.6. The Labute approximate surface area is 151 Å². The zero-order valence-electron chi connectivity index (χ0n) is 14.4. The molecule has 1 aromatic heterocycles. The van der Waals surface area contributed by atoms with E-state index in [9.17, 15) is 14.4 Å². The Morgan fingerprint density at radius 1 is 1.08 bits per heavy atom. The molecule has 0 unspecified atom stereocenters. The molecular weight excluding hydrogens is 334 g/mol. The summed E-state index contributed by atoms with van der Waals surface area (Å²) in [6.07, 6.45) is 6.07. The summed E-state index contributed by atoms with van der Waals surface area (Å²) in [4.78, 5) is 34.6. The lowest BCUT2D eigenvalue weighted by Crippen LogP contribution is -2.38. The van der Waals surface area contributed by atoms with E-state index in [-0.39, 0.29) is 24.3 Å². The van der Waals surface area contributed by atoms with Crippen molar-refractivity contribution >= 4 is 18.2 Å². The van der Waals surface area contributed by atoms with Gasteiger partial charge in [-0.2, -0.15) is 0 Å². The van der Waals surface area contributed by atoms with Gasteiger partial charge in [-0.05, 0) is 37.1 Å². The number of amides is 1. The fraction of sp³-hybridized carbons (Fsp3) is 0.350. The van der Waals surface area contributed by atoms with Crippen molar-refractivity contribution in [1.82, 2.24) is 5.32 Å². The maximum absolute atomic E-state index is 12.1. The SMILES string of the molecule is O=Cc1ccc(-c2ccc(C(=O)OCC(=O)NC3CCCCC3)cc2)o1. The second-order valence-corrected chi connectivity index (χ2v) is 6.38. The quantitative estimate of drug-likeness (QED) is 0.634. The molecule has 1 aromatic carbocycles. The van der Waals surface area contributed by atoms with E-state index in [1.165, 1.54) is 6.42 Å². The van der Waals surface area contributed by atoms with Crippen molar-refractivity contribution in [1.29, 1.82) is 0 Å². The molecule has 0 saturated heterocycles. The van der Waals surface area contributed by atoms with Crippen molar-refractivity contribution in [3.8, 4) is 11.3 Å². The van der Waals surface area contributed by atoms with E-state index in [2.05, 4.69) is 5.32 Å². The molecule has 136 valence electrons. The molecule has 0 atom stereocenters. The van der Waals surface area contributed by atoms with Gasteiger partial charge in [0.2, 0.25) is 0 Å². The molecule has 1 aliphatic rings. The molecule has 0 bridgehead atoms. The van der Waals surface area contributed by atoms with Gasteiger partial charge in [0.1, 0.15) is 5.76 Å². The predicted molar refractivity (Wildman–Crippen MR) is 94.8 cm³/mol. The number of carbonyl (C=O) groups excluding carboxylic acids is 3. The van der Waals surface area contributed by atoms with E-state index in [1.54, 1.807) is 36.4 Å². The number of furan rings is 1. The molecule has 1 amide bonds. The van der Waals surface area contributed by atoms with Gasteiger partial charge < -0.3 is 14.5 Å². The minimum atomic E-state index is -0.552. The van der Waals surface area contributed by atoms with Crippen LogP contribution < -0.4 is 5.32 Å². The minimum absolute atomic E-state index is 0.193. The number of nitrogens with one attached hydrogen (secondary N) is 1. The highest BCUT2D eigenvalue weighted by molar-refractivity contribution is 5.91. The number of rotatable bonds is 6. The van der Waals surface area contributed by atoms with E-state index < -0.39 is 5.97 Å². The monoisotopic (exact) mass is 355 g/mol. The summed E-state index contributed by atoms with van der Waals surface area (Å²) >= 11 is 0. The highest BCUT2D eigenvalue weighted by atomic mass is 16.5. The average Bonchev–Trinajstić information content (AvgIpc) is 3.16. The van der Waals surface area contributed by atoms with Crippen LogP contribution in [0.15, 0.2) is 40.8 Å². The van der Waals surface area contributed by atoms with E-state index in [0.29, 0.717) is 17.6 Å². The Hall–Kier alpha value is -2.89. The summed E-state index contributed by atoms with van der Waals surface area (Å²) in [7, 11) is 0. The van der Waals surface area contributed by atoms with E-state index in [0.717, 1.165) is 31.2 Å². The third kappa shape index (κ3) is 4.59.